The molecule has 2 aromatic heterocycles. The highest BCUT2D eigenvalue weighted by molar-refractivity contribution is 7.99. The highest BCUT2D eigenvalue weighted by Gasteiger charge is 2.21. The van der Waals surface area contributed by atoms with Crippen molar-refractivity contribution >= 4 is 17.5 Å². The molecule has 1 saturated heterocycles. The van der Waals surface area contributed by atoms with E-state index in [2.05, 4.69) is 20.1 Å². The Labute approximate surface area is 179 Å². The second kappa shape index (κ2) is 9.01. The van der Waals surface area contributed by atoms with Gasteiger partial charge in [-0.2, -0.15) is 0 Å². The smallest absolute Gasteiger partial charge is 0.209 e. The number of aryl methyl sites for hydroxylation is 1. The Morgan fingerprint density at radius 2 is 2.10 bits per heavy atom. The van der Waals surface area contributed by atoms with Crippen LogP contribution in [0.2, 0.25) is 0 Å². The molecule has 1 atom stereocenters. The number of hydrogen-bond acceptors (Lipinski definition) is 7. The Morgan fingerprint density at radius 1 is 1.30 bits per heavy atom. The van der Waals surface area contributed by atoms with Gasteiger partial charge in [0.2, 0.25) is 5.16 Å². The van der Waals surface area contributed by atoms with E-state index >= 15 is 0 Å². The molecular weight excluding hydrogens is 402 g/mol. The van der Waals surface area contributed by atoms with Gasteiger partial charge in [0.15, 0.2) is 5.78 Å². The molecule has 0 amide bonds. The molecule has 3 aromatic rings. The third-order valence-corrected chi connectivity index (χ3v) is 6.25. The quantitative estimate of drug-likeness (QED) is 0.403. The summed E-state index contributed by atoms with van der Waals surface area (Å²) >= 11 is 1.36. The number of rotatable bonds is 8. The fourth-order valence-corrected chi connectivity index (χ4v) is 4.55. The van der Waals surface area contributed by atoms with Crippen LogP contribution in [0.1, 0.15) is 34.6 Å². The summed E-state index contributed by atoms with van der Waals surface area (Å²) in [5, 5.41) is 12.5. The Kier molecular flexibility index (Phi) is 6.19. The molecule has 158 valence electrons. The molecular formula is C21H25N5O3S. The molecule has 9 heteroatoms. The number of nitrogens with zero attached hydrogens (tertiary/aromatic N) is 5. The Bertz CT molecular complexity index is 1020. The molecule has 1 fully saturated rings. The van der Waals surface area contributed by atoms with Crippen molar-refractivity contribution in [2.75, 3.05) is 19.5 Å². The number of hydrogen-bond donors (Lipinski definition) is 0. The van der Waals surface area contributed by atoms with Gasteiger partial charge in [0.1, 0.15) is 5.75 Å². The van der Waals surface area contributed by atoms with Gasteiger partial charge in [0.25, 0.3) is 0 Å². The average Bonchev–Trinajstić information content (AvgIpc) is 3.48. The molecule has 3 heterocycles. The molecule has 0 unspecified atom stereocenters. The monoisotopic (exact) mass is 427 g/mol. The summed E-state index contributed by atoms with van der Waals surface area (Å²) in [6.07, 6.45) is 2.23. The van der Waals surface area contributed by atoms with E-state index in [1.165, 1.54) is 11.8 Å². The van der Waals surface area contributed by atoms with Gasteiger partial charge in [-0.15, -0.1) is 5.10 Å². The highest BCUT2D eigenvalue weighted by Crippen LogP contribution is 2.25. The van der Waals surface area contributed by atoms with Crippen LogP contribution in [-0.4, -0.2) is 56.1 Å². The van der Waals surface area contributed by atoms with Crippen LogP contribution >= 0.6 is 11.8 Å². The van der Waals surface area contributed by atoms with Crippen molar-refractivity contribution in [1.29, 1.82) is 0 Å². The Hall–Kier alpha value is -2.65. The van der Waals surface area contributed by atoms with Crippen LogP contribution in [0.15, 0.2) is 35.5 Å². The topological polar surface area (TPSA) is 84.1 Å². The maximum atomic E-state index is 13.0. The number of Topliss-reactive ketones (excluding diaryl/α,β-unsaturated/α-hetero) is 1. The highest BCUT2D eigenvalue weighted by atomic mass is 32.2. The number of carbonyl (C=O) groups is 1. The van der Waals surface area contributed by atoms with Crippen molar-refractivity contribution in [3.8, 4) is 11.4 Å². The van der Waals surface area contributed by atoms with Crippen molar-refractivity contribution in [2.24, 2.45) is 0 Å². The van der Waals surface area contributed by atoms with Crippen LogP contribution in [0.3, 0.4) is 0 Å². The van der Waals surface area contributed by atoms with E-state index in [0.717, 1.165) is 42.3 Å². The largest absolute Gasteiger partial charge is 0.497 e. The summed E-state index contributed by atoms with van der Waals surface area (Å²) in [6.45, 7) is 5.38. The second-order valence-electron chi connectivity index (χ2n) is 7.31. The molecule has 0 saturated carbocycles. The van der Waals surface area contributed by atoms with Crippen LogP contribution < -0.4 is 4.74 Å². The van der Waals surface area contributed by atoms with E-state index in [1.54, 1.807) is 11.8 Å². The standard InChI is InChI=1S/C21H25N5O3S/c1-14-11-19(15(2)26(14)16-6-8-17(28-3)9-7-16)20(27)13-30-21-22-23-24-25(21)12-18-5-4-10-29-18/h6-9,11,18H,4-5,10,12-13H2,1-3H3/t18-/m1/s1. The van der Waals surface area contributed by atoms with Gasteiger partial charge in [-0.1, -0.05) is 11.8 Å². The molecule has 1 aromatic carbocycles. The van der Waals surface area contributed by atoms with E-state index in [4.69, 9.17) is 9.47 Å². The number of thioether (sulfide) groups is 1. The zero-order chi connectivity index (χ0) is 21.1. The molecule has 1 aliphatic heterocycles. The molecule has 0 spiro atoms. The van der Waals surface area contributed by atoms with Crippen LogP contribution in [-0.2, 0) is 11.3 Å². The van der Waals surface area contributed by atoms with Crippen LogP contribution in [0.25, 0.3) is 5.69 Å². The summed E-state index contributed by atoms with van der Waals surface area (Å²) in [4.78, 5) is 13.0. The average molecular weight is 428 g/mol. The van der Waals surface area contributed by atoms with Gasteiger partial charge in [-0.05, 0) is 67.4 Å². The normalized spacial score (nSPS) is 16.2. The second-order valence-corrected chi connectivity index (χ2v) is 8.25. The van der Waals surface area contributed by atoms with Gasteiger partial charge in [-0.3, -0.25) is 4.79 Å². The minimum Gasteiger partial charge on any atom is -0.497 e. The first-order valence-corrected chi connectivity index (χ1v) is 10.9. The van der Waals surface area contributed by atoms with E-state index in [0.29, 0.717) is 17.3 Å². The lowest BCUT2D eigenvalue weighted by Gasteiger charge is -2.11. The van der Waals surface area contributed by atoms with Crippen molar-refractivity contribution in [3.63, 3.8) is 0 Å². The third-order valence-electron chi connectivity index (χ3n) is 5.29. The third kappa shape index (κ3) is 4.27. The fraction of sp³-hybridized carbons (Fsp3) is 0.429. The maximum absolute atomic E-state index is 13.0. The SMILES string of the molecule is COc1ccc(-n2c(C)cc(C(=O)CSc3nnnn3C[C@H]3CCCO3)c2C)cc1. The Morgan fingerprint density at radius 3 is 2.80 bits per heavy atom. The maximum Gasteiger partial charge on any atom is 0.209 e. The van der Waals surface area contributed by atoms with E-state index in [1.807, 2.05) is 44.2 Å². The van der Waals surface area contributed by atoms with Crippen LogP contribution in [0.4, 0.5) is 0 Å². The number of carbonyl (C=O) groups excluding carboxylic acids is 1. The van der Waals surface area contributed by atoms with Gasteiger partial charge < -0.3 is 14.0 Å². The minimum atomic E-state index is 0.0551. The molecule has 8 nitrogen and oxygen atoms in total. The molecule has 0 bridgehead atoms. The van der Waals surface area contributed by atoms with Gasteiger partial charge in [0, 0.05) is 29.2 Å². The molecule has 30 heavy (non-hydrogen) atoms. The number of ketones is 1. The van der Waals surface area contributed by atoms with Crippen molar-refractivity contribution < 1.29 is 14.3 Å². The number of benzene rings is 1. The summed E-state index contributed by atoms with van der Waals surface area (Å²) < 4.78 is 14.7. The number of aromatic nitrogens is 5. The zero-order valence-electron chi connectivity index (χ0n) is 17.4. The Balaban J connectivity index is 1.46. The summed E-state index contributed by atoms with van der Waals surface area (Å²) in [6, 6.07) is 9.75. The first kappa shape index (κ1) is 20.6. The zero-order valence-corrected chi connectivity index (χ0v) is 18.2. The van der Waals surface area contributed by atoms with Gasteiger partial charge >= 0.3 is 0 Å². The summed E-state index contributed by atoms with van der Waals surface area (Å²) in [5.74, 6) is 1.13. The lowest BCUT2D eigenvalue weighted by molar-refractivity contribution is 0.0912. The molecule has 4 rings (SSSR count). The number of ether oxygens (including phenoxy) is 2. The van der Waals surface area contributed by atoms with Crippen molar-refractivity contribution in [1.82, 2.24) is 24.8 Å². The minimum absolute atomic E-state index is 0.0551. The first-order chi connectivity index (χ1) is 14.6. The predicted molar refractivity (Wildman–Crippen MR) is 114 cm³/mol. The van der Waals surface area contributed by atoms with E-state index < -0.39 is 0 Å². The number of methoxy groups -OCH3 is 1. The lowest BCUT2D eigenvalue weighted by Crippen LogP contribution is -2.17. The summed E-state index contributed by atoms with van der Waals surface area (Å²) in [5.41, 5.74) is 3.64. The summed E-state index contributed by atoms with van der Waals surface area (Å²) in [7, 11) is 1.65. The van der Waals surface area contributed by atoms with Crippen molar-refractivity contribution in [2.45, 2.75) is 44.5 Å². The fourth-order valence-electron chi connectivity index (χ4n) is 3.78. The number of tetrazole rings is 1. The molecule has 1 aliphatic rings. The van der Waals surface area contributed by atoms with Crippen LogP contribution in [0, 0.1) is 13.8 Å². The lowest BCUT2D eigenvalue weighted by atomic mass is 10.2. The molecule has 0 radical (unpaired) electrons. The van der Waals surface area contributed by atoms with Crippen molar-refractivity contribution in [3.05, 3.63) is 47.3 Å². The van der Waals surface area contributed by atoms with E-state index in [9.17, 15) is 4.79 Å². The first-order valence-electron chi connectivity index (χ1n) is 9.94. The predicted octanol–water partition coefficient (Wildman–Crippen LogP) is 3.24. The van der Waals surface area contributed by atoms with Gasteiger partial charge in [-0.25, -0.2) is 4.68 Å². The van der Waals surface area contributed by atoms with E-state index in [-0.39, 0.29) is 17.6 Å². The molecule has 0 aliphatic carbocycles. The molecule has 0 N–H and O–H groups in total. The van der Waals surface area contributed by atoms with Gasteiger partial charge in [0.05, 0.1) is 25.5 Å². The van der Waals surface area contributed by atoms with Crippen LogP contribution in [0.5, 0.6) is 5.75 Å².